The van der Waals surface area contributed by atoms with Gasteiger partial charge in [-0.3, -0.25) is 9.59 Å². The maximum atomic E-state index is 14.5. The molecule has 9 heteroatoms. The number of aromatic nitrogens is 1. The molecule has 1 saturated carbocycles. The van der Waals surface area contributed by atoms with Crippen LogP contribution < -0.4 is 5.32 Å². The number of amides is 2. The highest BCUT2D eigenvalue weighted by molar-refractivity contribution is 7.15. The first-order chi connectivity index (χ1) is 18.6. The second kappa shape index (κ2) is 9.55. The van der Waals surface area contributed by atoms with E-state index < -0.39 is 17.9 Å². The summed E-state index contributed by atoms with van der Waals surface area (Å²) in [5.74, 6) is -4.10. The molecule has 2 aromatic carbocycles. The number of hydrogen-bond donors (Lipinski definition) is 1. The van der Waals surface area contributed by atoms with Crippen LogP contribution in [0.2, 0.25) is 0 Å². The molecule has 6 nitrogen and oxygen atoms in total. The molecule has 0 bridgehead atoms. The number of likely N-dealkylation sites (tertiary alicyclic amines) is 1. The van der Waals surface area contributed by atoms with Crippen molar-refractivity contribution >= 4 is 34.1 Å². The van der Waals surface area contributed by atoms with Gasteiger partial charge in [0.05, 0.1) is 27.8 Å². The summed E-state index contributed by atoms with van der Waals surface area (Å²) in [5, 5.41) is 4.43. The summed E-state index contributed by atoms with van der Waals surface area (Å²) < 4.78 is 34.4. The zero-order valence-electron chi connectivity index (χ0n) is 22.0. The molecule has 3 atom stereocenters. The first kappa shape index (κ1) is 25.7. The zero-order valence-corrected chi connectivity index (χ0v) is 22.8. The largest absolute Gasteiger partial charge is 0.464 e. The number of thiazole rings is 1. The van der Waals surface area contributed by atoms with Crippen molar-refractivity contribution in [2.75, 3.05) is 13.1 Å². The molecule has 0 radical (unpaired) electrons. The van der Waals surface area contributed by atoms with E-state index in [-0.39, 0.29) is 43.7 Å². The molecule has 1 N–H and O–H groups in total. The number of alkyl halides is 2. The third kappa shape index (κ3) is 4.62. The Morgan fingerprint density at radius 3 is 2.74 bits per heavy atom. The molecule has 0 unspecified atom stereocenters. The average molecular weight is 550 g/mol. The minimum Gasteiger partial charge on any atom is -0.464 e. The standard InChI is InChI=1S/C30H29F2N3O3S/c1-16-6-4-7-19(10-16)27-26(34-18(3)39-27)29(37)35-14-20-11-30(31,32)12-22(20)23(35)13-33-28(36)21-8-5-9-24-25(21)17(2)15-38-24/h4-10,15,20,22-23H,11-14H2,1-3H3,(H,33,36)/t20-,22-,23+/m0/s1. The molecule has 6 rings (SSSR count). The number of aryl methyl sites for hydroxylation is 3. The number of halogens is 2. The summed E-state index contributed by atoms with van der Waals surface area (Å²) in [6, 6.07) is 12.6. The number of benzene rings is 2. The third-order valence-electron chi connectivity index (χ3n) is 8.00. The number of carbonyl (C=O) groups excluding carboxylic acids is 2. The average Bonchev–Trinajstić information content (AvgIpc) is 3.63. The van der Waals surface area contributed by atoms with Crippen LogP contribution in [0.3, 0.4) is 0 Å². The number of carbonyl (C=O) groups is 2. The van der Waals surface area contributed by atoms with Gasteiger partial charge in [-0.05, 0) is 55.9 Å². The summed E-state index contributed by atoms with van der Waals surface area (Å²) in [6.07, 6.45) is 1.06. The molecule has 1 aliphatic carbocycles. The number of fused-ring (bicyclic) bond motifs is 2. The van der Waals surface area contributed by atoms with Crippen LogP contribution in [0.1, 0.15) is 49.8 Å². The SMILES string of the molecule is Cc1cccc(-c2sc(C)nc2C(=O)N2C[C@@H]3CC(F)(F)C[C@@H]3[C@H]2CNC(=O)c2cccc3occ(C)c23)c1. The Balaban J connectivity index is 1.30. The molecule has 0 spiro atoms. The molecule has 2 aliphatic rings. The second-order valence-corrected chi connectivity index (χ2v) is 12.0. The van der Waals surface area contributed by atoms with Crippen molar-refractivity contribution in [2.45, 2.75) is 45.6 Å². The van der Waals surface area contributed by atoms with Gasteiger partial charge in [0.15, 0.2) is 0 Å². The molecule has 2 aromatic heterocycles. The Kier molecular flexibility index (Phi) is 6.29. The minimum atomic E-state index is -2.77. The van der Waals surface area contributed by atoms with Gasteiger partial charge in [0.25, 0.3) is 11.8 Å². The molecule has 39 heavy (non-hydrogen) atoms. The summed E-state index contributed by atoms with van der Waals surface area (Å²) in [5.41, 5.74) is 4.22. The lowest BCUT2D eigenvalue weighted by Gasteiger charge is -2.29. The zero-order chi connectivity index (χ0) is 27.5. The third-order valence-corrected chi connectivity index (χ3v) is 9.02. The minimum absolute atomic E-state index is 0.0814. The maximum Gasteiger partial charge on any atom is 0.274 e. The van der Waals surface area contributed by atoms with Crippen LogP contribution >= 0.6 is 11.3 Å². The van der Waals surface area contributed by atoms with Gasteiger partial charge >= 0.3 is 0 Å². The second-order valence-electron chi connectivity index (χ2n) is 10.8. The first-order valence-corrected chi connectivity index (χ1v) is 13.9. The molecular weight excluding hydrogens is 520 g/mol. The van der Waals surface area contributed by atoms with Crippen LogP contribution in [0.5, 0.6) is 0 Å². The molecular formula is C30H29F2N3O3S. The number of hydrogen-bond acceptors (Lipinski definition) is 5. The van der Waals surface area contributed by atoms with Gasteiger partial charge in [-0.25, -0.2) is 13.8 Å². The van der Waals surface area contributed by atoms with Crippen LogP contribution in [0.4, 0.5) is 8.78 Å². The lowest BCUT2D eigenvalue weighted by molar-refractivity contribution is -0.00609. The Labute approximate surface area is 229 Å². The Hall–Kier alpha value is -3.59. The Morgan fingerprint density at radius 1 is 1.15 bits per heavy atom. The Morgan fingerprint density at radius 2 is 1.95 bits per heavy atom. The fourth-order valence-electron chi connectivity index (χ4n) is 6.31. The van der Waals surface area contributed by atoms with Crippen molar-refractivity contribution < 1.29 is 22.8 Å². The van der Waals surface area contributed by atoms with E-state index in [4.69, 9.17) is 4.42 Å². The quantitative estimate of drug-likeness (QED) is 0.313. The normalized spacial score (nSPS) is 21.9. The smallest absolute Gasteiger partial charge is 0.274 e. The van der Waals surface area contributed by atoms with Crippen molar-refractivity contribution in [1.29, 1.82) is 0 Å². The summed E-state index contributed by atoms with van der Waals surface area (Å²) in [7, 11) is 0. The topological polar surface area (TPSA) is 75.4 Å². The van der Waals surface area contributed by atoms with E-state index in [0.29, 0.717) is 16.8 Å². The van der Waals surface area contributed by atoms with E-state index in [1.54, 1.807) is 29.4 Å². The van der Waals surface area contributed by atoms with E-state index in [1.165, 1.54) is 11.3 Å². The van der Waals surface area contributed by atoms with Crippen molar-refractivity contribution in [3.63, 3.8) is 0 Å². The highest BCUT2D eigenvalue weighted by Crippen LogP contribution is 2.50. The molecule has 1 saturated heterocycles. The van der Waals surface area contributed by atoms with Gasteiger partial charge in [0, 0.05) is 31.3 Å². The van der Waals surface area contributed by atoms with Crippen LogP contribution in [0.25, 0.3) is 21.4 Å². The van der Waals surface area contributed by atoms with E-state index in [0.717, 1.165) is 32.0 Å². The van der Waals surface area contributed by atoms with Crippen LogP contribution in [-0.2, 0) is 0 Å². The van der Waals surface area contributed by atoms with Crippen LogP contribution in [0.15, 0.2) is 53.1 Å². The van der Waals surface area contributed by atoms with E-state index in [2.05, 4.69) is 10.3 Å². The fourth-order valence-corrected chi connectivity index (χ4v) is 7.22. The highest BCUT2D eigenvalue weighted by Gasteiger charge is 2.56. The maximum absolute atomic E-state index is 14.5. The number of nitrogens with one attached hydrogen (secondary N) is 1. The van der Waals surface area contributed by atoms with Crippen molar-refractivity contribution in [3.05, 3.63) is 76.1 Å². The Bertz CT molecular complexity index is 1590. The van der Waals surface area contributed by atoms with Gasteiger partial charge in [-0.1, -0.05) is 35.9 Å². The monoisotopic (exact) mass is 549 g/mol. The fraction of sp³-hybridized carbons (Fsp3) is 0.367. The lowest BCUT2D eigenvalue weighted by atomic mass is 9.93. The lowest BCUT2D eigenvalue weighted by Crippen LogP contribution is -2.46. The van der Waals surface area contributed by atoms with Gasteiger partial charge in [0.2, 0.25) is 5.92 Å². The van der Waals surface area contributed by atoms with Crippen molar-refractivity contribution in [1.82, 2.24) is 15.2 Å². The van der Waals surface area contributed by atoms with Gasteiger partial charge in [0.1, 0.15) is 11.3 Å². The summed E-state index contributed by atoms with van der Waals surface area (Å²) >= 11 is 1.45. The molecule has 3 heterocycles. The molecule has 1 aliphatic heterocycles. The van der Waals surface area contributed by atoms with Crippen molar-refractivity contribution in [3.8, 4) is 10.4 Å². The first-order valence-electron chi connectivity index (χ1n) is 13.1. The van der Waals surface area contributed by atoms with Gasteiger partial charge in [-0.2, -0.15) is 0 Å². The van der Waals surface area contributed by atoms with Gasteiger partial charge in [-0.15, -0.1) is 11.3 Å². The van der Waals surface area contributed by atoms with Crippen LogP contribution in [0, 0.1) is 32.6 Å². The number of furan rings is 1. The van der Waals surface area contributed by atoms with E-state index in [9.17, 15) is 18.4 Å². The van der Waals surface area contributed by atoms with Crippen molar-refractivity contribution in [2.24, 2.45) is 11.8 Å². The van der Waals surface area contributed by atoms with E-state index >= 15 is 0 Å². The number of nitrogens with zero attached hydrogens (tertiary/aromatic N) is 2. The predicted octanol–water partition coefficient (Wildman–Crippen LogP) is 6.40. The van der Waals surface area contributed by atoms with E-state index in [1.807, 2.05) is 45.0 Å². The molecule has 4 aromatic rings. The molecule has 2 amide bonds. The summed E-state index contributed by atoms with van der Waals surface area (Å²) in [6.45, 7) is 6.02. The van der Waals surface area contributed by atoms with Gasteiger partial charge < -0.3 is 14.6 Å². The predicted molar refractivity (Wildman–Crippen MR) is 146 cm³/mol. The highest BCUT2D eigenvalue weighted by atomic mass is 32.1. The molecule has 202 valence electrons. The summed E-state index contributed by atoms with van der Waals surface area (Å²) in [4.78, 5) is 34.3. The van der Waals surface area contributed by atoms with Crippen LogP contribution in [-0.4, -0.2) is 46.8 Å². The molecule has 2 fully saturated rings. The number of rotatable bonds is 5.